The van der Waals surface area contributed by atoms with Crippen molar-refractivity contribution in [2.75, 3.05) is 20.1 Å². The molecule has 2 aromatic rings. The lowest BCUT2D eigenvalue weighted by Crippen LogP contribution is -2.42. The molecule has 1 saturated heterocycles. The Bertz CT molecular complexity index is 631. The highest BCUT2D eigenvalue weighted by Crippen LogP contribution is 2.26. The Morgan fingerprint density at radius 1 is 0.920 bits per heavy atom. The maximum absolute atomic E-state index is 5.79. The molecule has 3 heteroatoms. The summed E-state index contributed by atoms with van der Waals surface area (Å²) in [5.41, 5.74) is 2.61. The van der Waals surface area contributed by atoms with Gasteiger partial charge in [-0.25, -0.2) is 0 Å². The van der Waals surface area contributed by atoms with Gasteiger partial charge in [0.2, 0.25) is 0 Å². The topological polar surface area (TPSA) is 24.5 Å². The molecule has 1 atom stereocenters. The van der Waals surface area contributed by atoms with Gasteiger partial charge in [-0.15, -0.1) is 0 Å². The van der Waals surface area contributed by atoms with E-state index in [1.54, 1.807) is 0 Å². The first-order chi connectivity index (χ1) is 12.1. The van der Waals surface area contributed by atoms with Crippen molar-refractivity contribution >= 4 is 0 Å². The van der Waals surface area contributed by atoms with Crippen molar-refractivity contribution in [2.45, 2.75) is 44.9 Å². The summed E-state index contributed by atoms with van der Waals surface area (Å²) in [5.74, 6) is 0.935. The summed E-state index contributed by atoms with van der Waals surface area (Å²) in [6.07, 6.45) is 2.61. The van der Waals surface area contributed by atoms with Crippen molar-refractivity contribution in [3.05, 3.63) is 65.7 Å². The van der Waals surface area contributed by atoms with Crippen LogP contribution in [0.5, 0.6) is 5.75 Å². The van der Waals surface area contributed by atoms with Gasteiger partial charge in [-0.3, -0.25) is 0 Å². The maximum atomic E-state index is 5.79. The molecule has 0 unspecified atom stereocenters. The van der Waals surface area contributed by atoms with E-state index in [4.69, 9.17) is 4.74 Å². The van der Waals surface area contributed by atoms with Crippen LogP contribution in [0, 0.1) is 0 Å². The first-order valence-corrected chi connectivity index (χ1v) is 9.38. The molecular weight excluding hydrogens is 308 g/mol. The van der Waals surface area contributed by atoms with Gasteiger partial charge in [0.15, 0.2) is 0 Å². The molecule has 134 valence electrons. The van der Waals surface area contributed by atoms with E-state index in [1.165, 1.54) is 37.1 Å². The minimum absolute atomic E-state index is 0.202. The summed E-state index contributed by atoms with van der Waals surface area (Å²) in [6.45, 7) is 6.45. The number of ether oxygens (including phenoxy) is 1. The van der Waals surface area contributed by atoms with E-state index in [1.807, 2.05) is 0 Å². The predicted octanol–water partition coefficient (Wildman–Crippen LogP) is 4.25. The number of nitrogens with one attached hydrogen (secondary N) is 1. The SMILES string of the molecule is CC(C)Oc1ccc([C@@H](NC2CCN(C)CC2)c2ccccc2)cc1. The van der Waals surface area contributed by atoms with Crippen LogP contribution >= 0.6 is 0 Å². The van der Waals surface area contributed by atoms with Crippen LogP contribution in [0.15, 0.2) is 54.6 Å². The molecule has 1 fully saturated rings. The van der Waals surface area contributed by atoms with Crippen LogP contribution in [-0.4, -0.2) is 37.2 Å². The molecule has 0 saturated carbocycles. The number of hydrogen-bond donors (Lipinski definition) is 1. The van der Waals surface area contributed by atoms with Crippen LogP contribution in [0.1, 0.15) is 43.9 Å². The molecule has 0 radical (unpaired) electrons. The summed E-state index contributed by atoms with van der Waals surface area (Å²) in [7, 11) is 2.21. The van der Waals surface area contributed by atoms with Gasteiger partial charge in [0.25, 0.3) is 0 Å². The minimum atomic E-state index is 0.202. The predicted molar refractivity (Wildman–Crippen MR) is 104 cm³/mol. The monoisotopic (exact) mass is 338 g/mol. The van der Waals surface area contributed by atoms with Crippen molar-refractivity contribution < 1.29 is 4.74 Å². The van der Waals surface area contributed by atoms with Gasteiger partial charge in [0.1, 0.15) is 5.75 Å². The molecule has 1 aliphatic heterocycles. The third-order valence-electron chi connectivity index (χ3n) is 4.84. The average Bonchev–Trinajstić information content (AvgIpc) is 2.62. The summed E-state index contributed by atoms with van der Waals surface area (Å²) in [4.78, 5) is 2.41. The molecule has 1 N–H and O–H groups in total. The molecule has 3 rings (SSSR count). The zero-order valence-electron chi connectivity index (χ0n) is 15.6. The molecular formula is C22H30N2O. The Balaban J connectivity index is 1.79. The molecule has 2 aromatic carbocycles. The lowest BCUT2D eigenvalue weighted by atomic mass is 9.95. The Labute approximate surface area is 152 Å². The second-order valence-electron chi connectivity index (χ2n) is 7.32. The average molecular weight is 338 g/mol. The number of likely N-dealkylation sites (tertiary alicyclic amines) is 1. The van der Waals surface area contributed by atoms with Crippen molar-refractivity contribution in [1.82, 2.24) is 10.2 Å². The van der Waals surface area contributed by atoms with Crippen molar-refractivity contribution in [3.63, 3.8) is 0 Å². The van der Waals surface area contributed by atoms with Gasteiger partial charge in [-0.2, -0.15) is 0 Å². The fourth-order valence-corrected chi connectivity index (χ4v) is 3.45. The molecule has 1 aliphatic rings. The van der Waals surface area contributed by atoms with E-state index < -0.39 is 0 Å². The number of hydrogen-bond acceptors (Lipinski definition) is 3. The van der Waals surface area contributed by atoms with E-state index >= 15 is 0 Å². The van der Waals surface area contributed by atoms with Crippen LogP contribution in [0.3, 0.4) is 0 Å². The molecule has 0 amide bonds. The van der Waals surface area contributed by atoms with Gasteiger partial charge in [0, 0.05) is 6.04 Å². The number of nitrogens with zero attached hydrogens (tertiary/aromatic N) is 1. The fraction of sp³-hybridized carbons (Fsp3) is 0.455. The first kappa shape index (κ1) is 18.0. The standard InChI is InChI=1S/C22H30N2O/c1-17(2)25-21-11-9-19(10-12-21)22(18-7-5-4-6-8-18)23-20-13-15-24(3)16-14-20/h4-12,17,20,22-23H,13-16H2,1-3H3/t22-/m0/s1. The van der Waals surface area contributed by atoms with E-state index in [2.05, 4.69) is 85.7 Å². The van der Waals surface area contributed by atoms with Gasteiger partial charge < -0.3 is 15.0 Å². The highest BCUT2D eigenvalue weighted by molar-refractivity contribution is 5.35. The zero-order valence-corrected chi connectivity index (χ0v) is 15.6. The second kappa shape index (κ2) is 8.50. The maximum Gasteiger partial charge on any atom is 0.119 e. The van der Waals surface area contributed by atoms with E-state index in [9.17, 15) is 0 Å². The first-order valence-electron chi connectivity index (χ1n) is 9.38. The summed E-state index contributed by atoms with van der Waals surface area (Å²) >= 11 is 0. The van der Waals surface area contributed by atoms with Crippen molar-refractivity contribution in [3.8, 4) is 5.75 Å². The summed E-state index contributed by atoms with van der Waals surface area (Å²) in [6, 6.07) is 20.1. The smallest absolute Gasteiger partial charge is 0.119 e. The second-order valence-corrected chi connectivity index (χ2v) is 7.32. The van der Waals surface area contributed by atoms with Gasteiger partial charge in [-0.1, -0.05) is 42.5 Å². The highest BCUT2D eigenvalue weighted by Gasteiger charge is 2.22. The van der Waals surface area contributed by atoms with Crippen LogP contribution < -0.4 is 10.1 Å². The Morgan fingerprint density at radius 2 is 1.52 bits per heavy atom. The van der Waals surface area contributed by atoms with Crippen molar-refractivity contribution in [2.24, 2.45) is 0 Å². The molecule has 0 spiro atoms. The minimum Gasteiger partial charge on any atom is -0.491 e. The van der Waals surface area contributed by atoms with Gasteiger partial charge >= 0.3 is 0 Å². The lowest BCUT2D eigenvalue weighted by Gasteiger charge is -2.33. The van der Waals surface area contributed by atoms with E-state index in [-0.39, 0.29) is 12.1 Å². The molecule has 25 heavy (non-hydrogen) atoms. The highest BCUT2D eigenvalue weighted by atomic mass is 16.5. The third kappa shape index (κ3) is 5.07. The molecule has 1 heterocycles. The van der Waals surface area contributed by atoms with Crippen molar-refractivity contribution in [1.29, 1.82) is 0 Å². The lowest BCUT2D eigenvalue weighted by molar-refractivity contribution is 0.229. The summed E-state index contributed by atoms with van der Waals surface area (Å²) < 4.78 is 5.79. The van der Waals surface area contributed by atoms with Gasteiger partial charge in [0.05, 0.1) is 12.1 Å². The normalized spacial score (nSPS) is 17.6. The van der Waals surface area contributed by atoms with Gasteiger partial charge in [-0.05, 0) is 70.1 Å². The molecule has 0 aliphatic carbocycles. The Hall–Kier alpha value is -1.84. The van der Waals surface area contributed by atoms with Crippen LogP contribution in [0.2, 0.25) is 0 Å². The quantitative estimate of drug-likeness (QED) is 0.852. The van der Waals surface area contributed by atoms with Crippen LogP contribution in [-0.2, 0) is 0 Å². The van der Waals surface area contributed by atoms with E-state index in [0.717, 1.165) is 5.75 Å². The molecule has 3 nitrogen and oxygen atoms in total. The van der Waals surface area contributed by atoms with Crippen LogP contribution in [0.25, 0.3) is 0 Å². The van der Waals surface area contributed by atoms with E-state index in [0.29, 0.717) is 6.04 Å². The zero-order chi connectivity index (χ0) is 17.6. The third-order valence-corrected chi connectivity index (χ3v) is 4.84. The molecule has 0 aromatic heterocycles. The number of benzene rings is 2. The molecule has 0 bridgehead atoms. The summed E-state index contributed by atoms with van der Waals surface area (Å²) in [5, 5.41) is 3.90. The Morgan fingerprint density at radius 3 is 2.12 bits per heavy atom. The Kier molecular flexibility index (Phi) is 6.11. The largest absolute Gasteiger partial charge is 0.491 e. The van der Waals surface area contributed by atoms with Crippen LogP contribution in [0.4, 0.5) is 0 Å². The number of piperidine rings is 1. The fourth-order valence-electron chi connectivity index (χ4n) is 3.45. The number of rotatable bonds is 6.